The highest BCUT2D eigenvalue weighted by molar-refractivity contribution is 9.12. The van der Waals surface area contributed by atoms with E-state index in [9.17, 15) is 0 Å². The van der Waals surface area contributed by atoms with Gasteiger partial charge in [-0.3, -0.25) is 0 Å². The minimum Gasteiger partial charge on any atom is -0.311 e. The average Bonchev–Trinajstić information content (AvgIpc) is 1.51. The summed E-state index contributed by atoms with van der Waals surface area (Å²) in [6.45, 7) is 6.89. The molecule has 0 unspecified atom stereocenters. The number of hydrogen-bond acceptors (Lipinski definition) is 5. The van der Waals surface area contributed by atoms with Crippen LogP contribution in [0.15, 0.2) is 348 Å². The maximum Gasteiger partial charge on any atom is 0.164 e. The number of halogens is 10. The van der Waals surface area contributed by atoms with Crippen LogP contribution in [0.25, 0.3) is 56.4 Å². The minimum absolute atomic E-state index is 0.174. The Morgan fingerprint density at radius 1 is 0.228 bits per heavy atom. The molecule has 15 heteroatoms. The van der Waals surface area contributed by atoms with Crippen LogP contribution in [-0.4, -0.2) is 15.0 Å². The highest BCUT2D eigenvalue weighted by Gasteiger charge is 2.48. The minimum atomic E-state index is -0.298. The zero-order valence-corrected chi connectivity index (χ0v) is 93.7. The second kappa shape index (κ2) is 49.3. The van der Waals surface area contributed by atoms with E-state index in [0.29, 0.717) is 17.5 Å². The van der Waals surface area contributed by atoms with Gasteiger partial charge in [0.15, 0.2) is 17.5 Å². The van der Waals surface area contributed by atoms with E-state index < -0.39 is 0 Å². The predicted octanol–water partition coefficient (Wildman–Crippen LogP) is 41.3. The van der Waals surface area contributed by atoms with Gasteiger partial charge in [0.1, 0.15) is 0 Å². The third kappa shape index (κ3) is 25.0. The summed E-state index contributed by atoms with van der Waals surface area (Å²) in [4.78, 5) is 19.0. The van der Waals surface area contributed by atoms with E-state index in [1.807, 2.05) is 48.5 Å². The molecular formula is C121H117Br10N5. The third-order valence-corrected chi connectivity index (χ3v) is 32.6. The molecule has 0 radical (unpaired) electrons. The van der Waals surface area contributed by atoms with Crippen molar-refractivity contribution in [2.45, 2.75) is 218 Å². The van der Waals surface area contributed by atoms with Crippen LogP contribution in [0.5, 0.6) is 0 Å². The first-order valence-electron chi connectivity index (χ1n) is 48.9. The number of benzene rings is 14. The maximum absolute atomic E-state index is 4.86. The Kier molecular flexibility index (Phi) is 36.7. The predicted molar refractivity (Wildman–Crippen MR) is 612 cm³/mol. The zero-order valence-electron chi connectivity index (χ0n) is 77.9. The van der Waals surface area contributed by atoms with Gasteiger partial charge in [-0.25, -0.2) is 15.0 Å². The molecule has 0 aliphatic heterocycles. The van der Waals surface area contributed by atoms with Gasteiger partial charge in [0.05, 0.1) is 5.41 Å². The lowest BCUT2D eigenvalue weighted by Crippen LogP contribution is -2.30. The summed E-state index contributed by atoms with van der Waals surface area (Å²) in [5, 5.41) is 0. The van der Waals surface area contributed by atoms with Gasteiger partial charge in [0, 0.05) is 101 Å². The molecule has 696 valence electrons. The fourth-order valence-electron chi connectivity index (χ4n) is 20.0. The molecule has 0 spiro atoms. The van der Waals surface area contributed by atoms with Gasteiger partial charge >= 0.3 is 0 Å². The van der Waals surface area contributed by atoms with Crippen LogP contribution in [0, 0.1) is 0 Å². The van der Waals surface area contributed by atoms with Crippen LogP contribution in [0.4, 0.5) is 34.1 Å². The van der Waals surface area contributed by atoms with Gasteiger partial charge in [-0.2, -0.15) is 0 Å². The van der Waals surface area contributed by atoms with E-state index in [-0.39, 0.29) is 10.8 Å². The fraction of sp³-hybridized carbons (Fsp3) is 0.281. The molecule has 0 amide bonds. The van der Waals surface area contributed by atoms with Gasteiger partial charge in [-0.1, -0.05) is 424 Å². The number of aromatic nitrogens is 3. The van der Waals surface area contributed by atoms with Crippen molar-refractivity contribution in [2.24, 2.45) is 0 Å². The Balaban J connectivity index is 0.000000132. The molecule has 1 aromatic heterocycles. The molecule has 5 nitrogen and oxygen atoms in total. The molecule has 0 saturated heterocycles. The quantitative estimate of drug-likeness (QED) is 0.0366. The van der Waals surface area contributed by atoms with E-state index in [4.69, 9.17) is 15.0 Å². The van der Waals surface area contributed by atoms with Gasteiger partial charge < -0.3 is 9.80 Å². The number of anilines is 6. The molecule has 0 saturated carbocycles. The summed E-state index contributed by atoms with van der Waals surface area (Å²) in [5.74, 6) is 2.05. The number of fused-ring (bicyclic) bond motifs is 8. The van der Waals surface area contributed by atoms with E-state index in [1.54, 1.807) is 11.1 Å². The number of hydrogen-bond donors (Lipinski definition) is 0. The molecule has 0 fully saturated rings. The smallest absolute Gasteiger partial charge is 0.164 e. The highest BCUT2D eigenvalue weighted by Crippen LogP contribution is 2.60. The van der Waals surface area contributed by atoms with Crippen molar-refractivity contribution in [3.8, 4) is 56.4 Å². The number of nitrogens with zero attached hydrogens (tertiary/aromatic N) is 5. The first-order valence-corrected chi connectivity index (χ1v) is 56.8. The summed E-state index contributed by atoms with van der Waals surface area (Å²) in [6.07, 6.45) is 38.5. The molecule has 0 atom stereocenters. The molecule has 0 N–H and O–H groups in total. The standard InChI is InChI=1S/C33H37Br2N3.C30H20Br4N2.C29H20Br2.C29H40Br2/c1-2-3-4-5-6-7-8-9-10-11-12-25-13-15-26(16-14-25)31-36-32(27-17-21-29(34)22-18-27)38-33(37-31)28-19-23-30(35)24-20-28;31-21-1-9-25(10-2-21)35(26-11-3-22(32)4-12-26)29-17-19-30(20-18-29)36(27-13-5-23(33)6-14-27)28-15-7-24(34)8-16-28;30-23-9-11-25-26-12-10-24(31)16-28(26)29(27(25)15-23,21-7-5-17-1-3-19(17)13-21)22-8-6-18-2-4-20(18)14-22;1-3-5-7-9-11-13-19-29(20-14-12-10-8-6-4-2)27-21-23(30)15-17-25(27)26-18-16-24(31)22-28(26)29/h13-24H,2-12H2,1H3;1-20H;5-16H,1-4H2;15-18,21-22H,3-14,19-20H2,1-2H3. The van der Waals surface area contributed by atoms with Crippen LogP contribution in [0.3, 0.4) is 0 Å². The molecule has 1 heterocycles. The topological polar surface area (TPSA) is 45.2 Å². The van der Waals surface area contributed by atoms with Crippen LogP contribution >= 0.6 is 159 Å². The third-order valence-electron chi connectivity index (χ3n) is 27.4. The Bertz CT molecular complexity index is 6040. The van der Waals surface area contributed by atoms with Crippen LogP contribution in [0.2, 0.25) is 0 Å². The van der Waals surface area contributed by atoms with Crippen molar-refractivity contribution in [1.82, 2.24) is 15.0 Å². The van der Waals surface area contributed by atoms with E-state index in [2.05, 4.69) is 445 Å². The molecule has 4 aliphatic carbocycles. The number of aryl methyl sites for hydroxylation is 5. The first kappa shape index (κ1) is 101. The zero-order chi connectivity index (χ0) is 94.5. The van der Waals surface area contributed by atoms with Crippen molar-refractivity contribution in [2.75, 3.05) is 9.80 Å². The summed E-state index contributed by atoms with van der Waals surface area (Å²) < 4.78 is 11.0. The van der Waals surface area contributed by atoms with Crippen molar-refractivity contribution in [3.05, 3.63) is 409 Å². The van der Waals surface area contributed by atoms with E-state index >= 15 is 0 Å². The van der Waals surface area contributed by atoms with Crippen molar-refractivity contribution in [1.29, 1.82) is 0 Å². The maximum atomic E-state index is 4.86. The van der Waals surface area contributed by atoms with Gasteiger partial charge in [-0.05, 0) is 329 Å². The van der Waals surface area contributed by atoms with Gasteiger partial charge in [0.2, 0.25) is 0 Å². The molecule has 136 heavy (non-hydrogen) atoms. The van der Waals surface area contributed by atoms with Crippen LogP contribution in [0.1, 0.15) is 236 Å². The summed E-state index contributed by atoms with van der Waals surface area (Å²) in [7, 11) is 0. The second-order valence-corrected chi connectivity index (χ2v) is 45.8. The molecular weight excluding hydrogens is 2320 g/mol. The van der Waals surface area contributed by atoms with Crippen LogP contribution < -0.4 is 9.80 Å². The Morgan fingerprint density at radius 2 is 0.471 bits per heavy atom. The summed E-state index contributed by atoms with van der Waals surface area (Å²) in [5.41, 5.74) is 31.1. The lowest BCUT2D eigenvalue weighted by molar-refractivity contribution is 0.397. The lowest BCUT2D eigenvalue weighted by Gasteiger charge is -2.36. The van der Waals surface area contributed by atoms with Crippen molar-refractivity contribution in [3.63, 3.8) is 0 Å². The summed E-state index contributed by atoms with van der Waals surface area (Å²) >= 11 is 36.4. The average molecular weight is 2440 g/mol. The molecule has 4 aliphatic rings. The molecule has 19 rings (SSSR count). The fourth-order valence-corrected chi connectivity index (χ4v) is 23.1. The first-order chi connectivity index (χ1) is 66.4. The van der Waals surface area contributed by atoms with Gasteiger partial charge in [-0.15, -0.1) is 0 Å². The molecule has 0 bridgehead atoms. The van der Waals surface area contributed by atoms with Gasteiger partial charge in [0.25, 0.3) is 0 Å². The normalized spacial score (nSPS) is 12.9. The summed E-state index contributed by atoms with van der Waals surface area (Å²) in [6, 6.07) is 109. The second-order valence-electron chi connectivity index (χ2n) is 36.6. The van der Waals surface area contributed by atoms with Crippen LogP contribution in [-0.2, 0) is 42.9 Å². The Labute approximate surface area is 891 Å². The monoisotopic (exact) mass is 2430 g/mol. The Morgan fingerprint density at radius 3 is 0.757 bits per heavy atom. The molecule has 15 aromatic rings. The SMILES string of the molecule is Brc1ccc(N(c2ccc(Br)cc2)c2ccc(N(c3ccc(Br)cc3)c3ccc(Br)cc3)cc2)cc1.Brc1ccc2c(c1)C(c1ccc3c(c1)CC3)(c1ccc3c(c1)CC3)c1cc(Br)ccc1-2.CCCCCCCCC1(CCCCCCCC)c2cc(Br)ccc2-c2ccc(Br)cc21.CCCCCCCCCCCCc1ccc(-c2nc(-c3ccc(Br)cc3)nc(-c3ccc(Br)cc3)n2)cc1. The molecule has 14 aromatic carbocycles. The van der Waals surface area contributed by atoms with E-state index in [1.165, 1.54) is 261 Å². The number of rotatable bonds is 36. The van der Waals surface area contributed by atoms with Crippen molar-refractivity contribution < 1.29 is 0 Å². The Hall–Kier alpha value is -7.51. The lowest BCUT2D eigenvalue weighted by atomic mass is 9.65. The van der Waals surface area contributed by atoms with Crippen molar-refractivity contribution >= 4 is 193 Å². The highest BCUT2D eigenvalue weighted by atomic mass is 79.9. The van der Waals surface area contributed by atoms with E-state index in [0.717, 1.165) is 93.0 Å². The largest absolute Gasteiger partial charge is 0.311 e. The number of unbranched alkanes of at least 4 members (excludes halogenated alkanes) is 19.